The lowest BCUT2D eigenvalue weighted by Crippen LogP contribution is -2.13. The van der Waals surface area contributed by atoms with E-state index in [1.165, 1.54) is 0 Å². The minimum atomic E-state index is -0.0478. The number of hydrogen-bond donors (Lipinski definition) is 1. The van der Waals surface area contributed by atoms with Crippen molar-refractivity contribution >= 4 is 11.5 Å². The zero-order valence-corrected chi connectivity index (χ0v) is 12.9. The molecule has 3 aromatic heterocycles. The second kappa shape index (κ2) is 6.91. The fourth-order valence-corrected chi connectivity index (χ4v) is 2.28. The van der Waals surface area contributed by atoms with Gasteiger partial charge in [0.05, 0.1) is 12.8 Å². The molecule has 0 radical (unpaired) electrons. The van der Waals surface area contributed by atoms with Gasteiger partial charge in [0.2, 0.25) is 5.95 Å². The van der Waals surface area contributed by atoms with Gasteiger partial charge in [-0.05, 0) is 43.2 Å². The molecule has 6 nitrogen and oxygen atoms in total. The molecular weight excluding hydrogens is 292 g/mol. The molecule has 0 aliphatic carbocycles. The van der Waals surface area contributed by atoms with Gasteiger partial charge in [-0.2, -0.15) is 0 Å². The first kappa shape index (κ1) is 15.0. The molecule has 0 saturated carbocycles. The maximum atomic E-state index is 12.0. The van der Waals surface area contributed by atoms with Crippen molar-refractivity contribution in [3.05, 3.63) is 64.8 Å². The standard InChI is InChI=1S/C17H18N4O2/c1-13-10-14-4-5-15(12-21(14)16(22)11-13)23-9-3-8-20-17-18-6-2-7-19-17/h2,4-7,10-12H,3,8-9H2,1H3,(H,18,19,20). The molecule has 0 bridgehead atoms. The van der Waals surface area contributed by atoms with Gasteiger partial charge in [-0.15, -0.1) is 0 Å². The molecule has 0 aliphatic heterocycles. The Labute approximate surface area is 133 Å². The van der Waals surface area contributed by atoms with Gasteiger partial charge in [-0.25, -0.2) is 9.97 Å². The Hall–Kier alpha value is -2.89. The topological polar surface area (TPSA) is 68.5 Å². The smallest absolute Gasteiger partial charge is 0.255 e. The number of ether oxygens (including phenoxy) is 1. The monoisotopic (exact) mass is 310 g/mol. The van der Waals surface area contributed by atoms with Crippen LogP contribution in [0.1, 0.15) is 12.0 Å². The molecule has 118 valence electrons. The number of anilines is 1. The number of aromatic nitrogens is 3. The molecule has 0 amide bonds. The first-order valence-corrected chi connectivity index (χ1v) is 7.49. The average Bonchev–Trinajstić information content (AvgIpc) is 2.56. The van der Waals surface area contributed by atoms with Gasteiger partial charge in [0, 0.05) is 30.5 Å². The molecule has 1 N–H and O–H groups in total. The molecule has 0 aliphatic rings. The number of fused-ring (bicyclic) bond motifs is 1. The van der Waals surface area contributed by atoms with Crippen molar-refractivity contribution in [1.82, 2.24) is 14.4 Å². The summed E-state index contributed by atoms with van der Waals surface area (Å²) >= 11 is 0. The minimum absolute atomic E-state index is 0.0478. The summed E-state index contributed by atoms with van der Waals surface area (Å²) in [4.78, 5) is 20.1. The Morgan fingerprint density at radius 2 is 2.04 bits per heavy atom. The molecule has 0 spiro atoms. The van der Waals surface area contributed by atoms with Crippen molar-refractivity contribution in [2.45, 2.75) is 13.3 Å². The Bertz CT molecular complexity index is 846. The number of rotatable bonds is 6. The van der Waals surface area contributed by atoms with E-state index in [4.69, 9.17) is 4.74 Å². The van der Waals surface area contributed by atoms with Crippen molar-refractivity contribution < 1.29 is 4.74 Å². The van der Waals surface area contributed by atoms with Crippen molar-refractivity contribution in [2.24, 2.45) is 0 Å². The SMILES string of the molecule is Cc1cc(=O)n2cc(OCCCNc3ncccn3)ccc2c1. The summed E-state index contributed by atoms with van der Waals surface area (Å²) in [5.74, 6) is 1.29. The summed E-state index contributed by atoms with van der Waals surface area (Å²) in [6.07, 6.45) is 5.92. The van der Waals surface area contributed by atoms with Gasteiger partial charge >= 0.3 is 0 Å². The van der Waals surface area contributed by atoms with Crippen molar-refractivity contribution in [3.8, 4) is 5.75 Å². The van der Waals surface area contributed by atoms with Crippen LogP contribution in [0, 0.1) is 6.92 Å². The van der Waals surface area contributed by atoms with Gasteiger partial charge in [0.15, 0.2) is 0 Å². The Balaban J connectivity index is 1.54. The summed E-state index contributed by atoms with van der Waals surface area (Å²) in [6.45, 7) is 3.18. The molecule has 3 rings (SSSR count). The van der Waals surface area contributed by atoms with Crippen molar-refractivity contribution in [1.29, 1.82) is 0 Å². The first-order chi connectivity index (χ1) is 11.2. The highest BCUT2D eigenvalue weighted by Gasteiger charge is 2.01. The lowest BCUT2D eigenvalue weighted by Gasteiger charge is -2.09. The van der Waals surface area contributed by atoms with Crippen LogP contribution < -0.4 is 15.6 Å². The third kappa shape index (κ3) is 3.85. The summed E-state index contributed by atoms with van der Waals surface area (Å²) in [5.41, 5.74) is 1.77. The van der Waals surface area contributed by atoms with Gasteiger partial charge in [0.1, 0.15) is 5.75 Å². The van der Waals surface area contributed by atoms with Crippen molar-refractivity contribution in [2.75, 3.05) is 18.5 Å². The molecular formula is C17H18N4O2. The van der Waals surface area contributed by atoms with Crippen LogP contribution >= 0.6 is 0 Å². The summed E-state index contributed by atoms with van der Waals surface area (Å²) in [7, 11) is 0. The Morgan fingerprint density at radius 1 is 1.22 bits per heavy atom. The van der Waals surface area contributed by atoms with Crippen LogP contribution in [0.4, 0.5) is 5.95 Å². The normalized spacial score (nSPS) is 10.7. The van der Waals surface area contributed by atoms with E-state index < -0.39 is 0 Å². The Kier molecular flexibility index (Phi) is 4.52. The maximum Gasteiger partial charge on any atom is 0.255 e. The highest BCUT2D eigenvalue weighted by atomic mass is 16.5. The molecule has 0 aromatic carbocycles. The highest BCUT2D eigenvalue weighted by molar-refractivity contribution is 5.50. The quantitative estimate of drug-likeness (QED) is 0.707. The van der Waals surface area contributed by atoms with E-state index in [1.54, 1.807) is 35.1 Å². The van der Waals surface area contributed by atoms with E-state index in [9.17, 15) is 4.79 Å². The van der Waals surface area contributed by atoms with Crippen LogP contribution in [-0.4, -0.2) is 27.5 Å². The third-order valence-electron chi connectivity index (χ3n) is 3.36. The zero-order chi connectivity index (χ0) is 16.1. The molecule has 23 heavy (non-hydrogen) atoms. The van der Waals surface area contributed by atoms with Crippen LogP contribution in [0.2, 0.25) is 0 Å². The zero-order valence-electron chi connectivity index (χ0n) is 12.9. The average molecular weight is 310 g/mol. The molecule has 0 unspecified atom stereocenters. The molecule has 0 fully saturated rings. The van der Waals surface area contributed by atoms with Crippen LogP contribution in [-0.2, 0) is 0 Å². The predicted octanol–water partition coefficient (Wildman–Crippen LogP) is 2.28. The summed E-state index contributed by atoms with van der Waals surface area (Å²) in [5, 5.41) is 3.12. The van der Waals surface area contributed by atoms with Gasteiger partial charge in [0.25, 0.3) is 5.56 Å². The second-order valence-electron chi connectivity index (χ2n) is 5.23. The number of aryl methyl sites for hydroxylation is 1. The number of nitrogens with zero attached hydrogens (tertiary/aromatic N) is 3. The largest absolute Gasteiger partial charge is 0.492 e. The highest BCUT2D eigenvalue weighted by Crippen LogP contribution is 2.13. The number of pyridine rings is 2. The van der Waals surface area contributed by atoms with Crippen LogP contribution in [0.5, 0.6) is 5.75 Å². The first-order valence-electron chi connectivity index (χ1n) is 7.49. The fourth-order valence-electron chi connectivity index (χ4n) is 2.28. The van der Waals surface area contributed by atoms with Gasteiger partial charge in [-0.1, -0.05) is 0 Å². The lowest BCUT2D eigenvalue weighted by atomic mass is 10.2. The molecule has 0 saturated heterocycles. The lowest BCUT2D eigenvalue weighted by molar-refractivity contribution is 0.313. The number of hydrogen-bond acceptors (Lipinski definition) is 5. The van der Waals surface area contributed by atoms with Crippen LogP contribution in [0.25, 0.3) is 5.52 Å². The maximum absolute atomic E-state index is 12.0. The summed E-state index contributed by atoms with van der Waals surface area (Å²) < 4.78 is 7.29. The predicted molar refractivity (Wildman–Crippen MR) is 89.0 cm³/mol. The van der Waals surface area contributed by atoms with E-state index in [-0.39, 0.29) is 5.56 Å². The van der Waals surface area contributed by atoms with E-state index in [1.807, 2.05) is 25.1 Å². The van der Waals surface area contributed by atoms with E-state index in [2.05, 4.69) is 15.3 Å². The fraction of sp³-hybridized carbons (Fsp3) is 0.235. The molecule has 3 aromatic rings. The second-order valence-corrected chi connectivity index (χ2v) is 5.23. The minimum Gasteiger partial charge on any atom is -0.492 e. The molecule has 3 heterocycles. The van der Waals surface area contributed by atoms with Crippen molar-refractivity contribution in [3.63, 3.8) is 0 Å². The van der Waals surface area contributed by atoms with E-state index in [0.717, 1.165) is 24.0 Å². The van der Waals surface area contributed by atoms with Crippen LogP contribution in [0.15, 0.2) is 53.7 Å². The molecule has 6 heteroatoms. The third-order valence-corrected chi connectivity index (χ3v) is 3.36. The molecule has 0 atom stereocenters. The van der Waals surface area contributed by atoms with Gasteiger partial charge < -0.3 is 10.1 Å². The number of nitrogens with one attached hydrogen (secondary N) is 1. The van der Waals surface area contributed by atoms with Crippen LogP contribution in [0.3, 0.4) is 0 Å². The van der Waals surface area contributed by atoms with E-state index in [0.29, 0.717) is 18.3 Å². The Morgan fingerprint density at radius 3 is 2.87 bits per heavy atom. The van der Waals surface area contributed by atoms with E-state index >= 15 is 0 Å². The summed E-state index contributed by atoms with van der Waals surface area (Å²) in [6, 6.07) is 9.12. The van der Waals surface area contributed by atoms with Gasteiger partial charge in [-0.3, -0.25) is 9.20 Å².